The van der Waals surface area contributed by atoms with Crippen LogP contribution in [-0.2, 0) is 0 Å². The molecule has 0 unspecified atom stereocenters. The summed E-state index contributed by atoms with van der Waals surface area (Å²) in [5.74, 6) is -3.55. The van der Waals surface area contributed by atoms with Gasteiger partial charge in [-0.25, -0.2) is 13.7 Å². The molecule has 0 radical (unpaired) electrons. The molecule has 2 aromatic carbocycles. The number of carbonyl (C=O) groups excluding carboxylic acids is 2. The van der Waals surface area contributed by atoms with E-state index in [1.165, 1.54) is 18.2 Å². The molecule has 0 aliphatic carbocycles. The van der Waals surface area contributed by atoms with Crippen LogP contribution in [0.1, 0.15) is 20.7 Å². The van der Waals surface area contributed by atoms with E-state index in [2.05, 4.69) is 0 Å². The first-order chi connectivity index (χ1) is 9.91. The fraction of sp³-hybridized carbons (Fsp3) is 0. The summed E-state index contributed by atoms with van der Waals surface area (Å²) in [6.07, 6.45) is 0. The van der Waals surface area contributed by atoms with E-state index in [1.54, 1.807) is 0 Å². The van der Waals surface area contributed by atoms with Crippen molar-refractivity contribution in [3.63, 3.8) is 0 Å². The second-order valence-corrected chi connectivity index (χ2v) is 4.84. The molecular formula is C14H7ClF2N2O2. The number of rotatable bonds is 1. The van der Waals surface area contributed by atoms with E-state index in [0.717, 1.165) is 6.07 Å². The lowest BCUT2D eigenvalue weighted by molar-refractivity contribution is 0.0925. The number of halogens is 3. The number of hydrogen-bond acceptors (Lipinski definition) is 3. The van der Waals surface area contributed by atoms with E-state index >= 15 is 0 Å². The molecule has 0 saturated carbocycles. The Hall–Kier alpha value is -2.47. The maximum Gasteiger partial charge on any atom is 0.268 e. The Balaban J connectivity index is 2.22. The number of hydrogen-bond donors (Lipinski definition) is 1. The molecule has 0 atom stereocenters. The van der Waals surface area contributed by atoms with E-state index in [0.29, 0.717) is 11.0 Å². The second-order valence-electron chi connectivity index (χ2n) is 4.43. The van der Waals surface area contributed by atoms with Crippen LogP contribution in [0.4, 0.5) is 20.2 Å². The number of amides is 2. The number of anilines is 2. The largest absolute Gasteiger partial charge is 0.398 e. The topological polar surface area (TPSA) is 63.4 Å². The quantitative estimate of drug-likeness (QED) is 0.650. The van der Waals surface area contributed by atoms with Crippen molar-refractivity contribution in [2.45, 2.75) is 0 Å². The van der Waals surface area contributed by atoms with Gasteiger partial charge in [-0.05, 0) is 18.2 Å². The Morgan fingerprint density at radius 2 is 1.81 bits per heavy atom. The number of nitrogens with zero attached hydrogens (tertiary/aromatic N) is 1. The van der Waals surface area contributed by atoms with Gasteiger partial charge >= 0.3 is 0 Å². The van der Waals surface area contributed by atoms with Crippen LogP contribution < -0.4 is 10.6 Å². The van der Waals surface area contributed by atoms with Gasteiger partial charge in [-0.2, -0.15) is 0 Å². The van der Waals surface area contributed by atoms with Gasteiger partial charge in [0.2, 0.25) is 0 Å². The molecule has 106 valence electrons. The van der Waals surface area contributed by atoms with Crippen molar-refractivity contribution in [1.29, 1.82) is 0 Å². The zero-order chi connectivity index (χ0) is 15.3. The summed E-state index contributed by atoms with van der Waals surface area (Å²) >= 11 is 5.77. The predicted octanol–water partition coefficient (Wildman–Crippen LogP) is 3.00. The highest BCUT2D eigenvalue weighted by molar-refractivity contribution is 6.40. The Kier molecular flexibility index (Phi) is 2.91. The molecule has 4 nitrogen and oxygen atoms in total. The Morgan fingerprint density at radius 1 is 1.10 bits per heavy atom. The standard InChI is InChI=1S/C14H7ClF2N2O2/c15-8-4-6(16)5-9(17)12(8)19-13(20)7-2-1-3-10(18)11(7)14(19)21/h1-5H,18H2. The van der Waals surface area contributed by atoms with E-state index < -0.39 is 29.1 Å². The van der Waals surface area contributed by atoms with E-state index in [9.17, 15) is 18.4 Å². The molecule has 1 heterocycles. The van der Waals surface area contributed by atoms with Gasteiger partial charge in [0.05, 0.1) is 16.1 Å². The Morgan fingerprint density at radius 3 is 2.43 bits per heavy atom. The van der Waals surface area contributed by atoms with Crippen molar-refractivity contribution in [3.8, 4) is 0 Å². The van der Waals surface area contributed by atoms with Crippen LogP contribution >= 0.6 is 11.6 Å². The van der Waals surface area contributed by atoms with Crippen molar-refractivity contribution < 1.29 is 18.4 Å². The van der Waals surface area contributed by atoms with Crippen molar-refractivity contribution in [2.24, 2.45) is 0 Å². The highest BCUT2D eigenvalue weighted by Gasteiger charge is 2.40. The van der Waals surface area contributed by atoms with E-state index in [4.69, 9.17) is 17.3 Å². The molecule has 2 N–H and O–H groups in total. The van der Waals surface area contributed by atoms with Crippen molar-refractivity contribution in [3.05, 3.63) is 58.1 Å². The zero-order valence-electron chi connectivity index (χ0n) is 10.4. The number of carbonyl (C=O) groups is 2. The Labute approximate surface area is 122 Å². The molecule has 0 spiro atoms. The van der Waals surface area contributed by atoms with Gasteiger partial charge in [0, 0.05) is 11.8 Å². The molecule has 1 aliphatic heterocycles. The van der Waals surface area contributed by atoms with Crippen LogP contribution in [0.25, 0.3) is 0 Å². The monoisotopic (exact) mass is 308 g/mol. The van der Waals surface area contributed by atoms with Crippen molar-refractivity contribution in [1.82, 2.24) is 0 Å². The molecule has 0 aromatic heterocycles. The van der Waals surface area contributed by atoms with Gasteiger partial charge in [-0.3, -0.25) is 9.59 Å². The third-order valence-corrected chi connectivity index (χ3v) is 3.44. The summed E-state index contributed by atoms with van der Waals surface area (Å²) in [7, 11) is 0. The van der Waals surface area contributed by atoms with Crippen LogP contribution in [0.3, 0.4) is 0 Å². The Bertz CT molecular complexity index is 785. The first-order valence-electron chi connectivity index (χ1n) is 5.83. The molecule has 0 fully saturated rings. The smallest absolute Gasteiger partial charge is 0.268 e. The number of nitrogen functional groups attached to an aromatic ring is 1. The van der Waals surface area contributed by atoms with Crippen LogP contribution in [0.5, 0.6) is 0 Å². The third kappa shape index (κ3) is 1.87. The highest BCUT2D eigenvalue weighted by atomic mass is 35.5. The minimum absolute atomic E-state index is 0.0118. The molecule has 0 saturated heterocycles. The molecular weight excluding hydrogens is 302 g/mol. The number of nitrogens with two attached hydrogens (primary N) is 1. The molecule has 1 aliphatic rings. The number of imide groups is 1. The van der Waals surface area contributed by atoms with Gasteiger partial charge in [0.25, 0.3) is 11.8 Å². The lowest BCUT2D eigenvalue weighted by Crippen LogP contribution is -2.30. The average molecular weight is 309 g/mol. The summed E-state index contributed by atoms with van der Waals surface area (Å²) in [5.41, 5.74) is 5.34. The lowest BCUT2D eigenvalue weighted by Gasteiger charge is -2.16. The lowest BCUT2D eigenvalue weighted by atomic mass is 10.1. The molecule has 0 bridgehead atoms. The van der Waals surface area contributed by atoms with Crippen LogP contribution in [0, 0.1) is 11.6 Å². The minimum atomic E-state index is -1.10. The van der Waals surface area contributed by atoms with Crippen LogP contribution in [-0.4, -0.2) is 11.8 Å². The number of benzene rings is 2. The third-order valence-electron chi connectivity index (χ3n) is 3.15. The molecule has 3 rings (SSSR count). The molecule has 21 heavy (non-hydrogen) atoms. The maximum absolute atomic E-state index is 13.9. The van der Waals surface area contributed by atoms with E-state index in [-0.39, 0.29) is 21.8 Å². The summed E-state index contributed by atoms with van der Waals surface area (Å²) in [6.45, 7) is 0. The van der Waals surface area contributed by atoms with Gasteiger partial charge in [0.15, 0.2) is 5.82 Å². The average Bonchev–Trinajstić information content (AvgIpc) is 2.64. The molecule has 7 heteroatoms. The van der Waals surface area contributed by atoms with Crippen LogP contribution in [0.2, 0.25) is 5.02 Å². The van der Waals surface area contributed by atoms with Gasteiger partial charge < -0.3 is 5.73 Å². The van der Waals surface area contributed by atoms with Gasteiger partial charge in [-0.1, -0.05) is 17.7 Å². The summed E-state index contributed by atoms with van der Waals surface area (Å²) in [5, 5.41) is -0.374. The number of fused-ring (bicyclic) bond motifs is 1. The maximum atomic E-state index is 13.9. The van der Waals surface area contributed by atoms with Crippen LogP contribution in [0.15, 0.2) is 30.3 Å². The van der Waals surface area contributed by atoms with E-state index in [1.807, 2.05) is 0 Å². The summed E-state index contributed by atoms with van der Waals surface area (Å²) < 4.78 is 27.0. The minimum Gasteiger partial charge on any atom is -0.398 e. The fourth-order valence-electron chi connectivity index (χ4n) is 2.26. The van der Waals surface area contributed by atoms with Crippen molar-refractivity contribution >= 4 is 34.8 Å². The zero-order valence-corrected chi connectivity index (χ0v) is 11.1. The highest BCUT2D eigenvalue weighted by Crippen LogP contribution is 2.37. The molecule has 2 aromatic rings. The second kappa shape index (κ2) is 4.53. The normalized spacial score (nSPS) is 13.8. The SMILES string of the molecule is Nc1cccc2c1C(=O)N(c1c(F)cc(F)cc1Cl)C2=O. The molecule has 2 amide bonds. The first kappa shape index (κ1) is 13.5. The predicted molar refractivity (Wildman–Crippen MR) is 73.4 cm³/mol. The van der Waals surface area contributed by atoms with Gasteiger partial charge in [-0.15, -0.1) is 0 Å². The summed E-state index contributed by atoms with van der Waals surface area (Å²) in [6, 6.07) is 5.74. The van der Waals surface area contributed by atoms with Gasteiger partial charge in [0.1, 0.15) is 11.5 Å². The summed E-state index contributed by atoms with van der Waals surface area (Å²) in [4.78, 5) is 25.2. The fourth-order valence-corrected chi connectivity index (χ4v) is 2.54. The van der Waals surface area contributed by atoms with Crippen molar-refractivity contribution in [2.75, 3.05) is 10.6 Å². The first-order valence-corrected chi connectivity index (χ1v) is 6.21.